The van der Waals surface area contributed by atoms with Gasteiger partial charge in [0.25, 0.3) is 5.91 Å². The average Bonchev–Trinajstić information content (AvgIpc) is 3.09. The summed E-state index contributed by atoms with van der Waals surface area (Å²) in [5.41, 5.74) is 0.648. The molecule has 3 rings (SSSR count). The zero-order valence-corrected chi connectivity index (χ0v) is 14.3. The maximum Gasteiger partial charge on any atom is 0.435 e. The fourth-order valence-corrected chi connectivity index (χ4v) is 2.79. The van der Waals surface area contributed by atoms with Crippen molar-refractivity contribution in [2.45, 2.75) is 25.8 Å². The molecule has 0 spiro atoms. The highest BCUT2D eigenvalue weighted by Crippen LogP contribution is 2.29. The summed E-state index contributed by atoms with van der Waals surface area (Å²) in [7, 11) is 0. The van der Waals surface area contributed by atoms with Crippen molar-refractivity contribution in [3.63, 3.8) is 0 Å². The zero-order valence-electron chi connectivity index (χ0n) is 14.3. The predicted octanol–water partition coefficient (Wildman–Crippen LogP) is 2.36. The Kier molecular flexibility index (Phi) is 5.02. The zero-order chi connectivity index (χ0) is 19.6. The fraction of sp³-hybridized carbons (Fsp3) is 0.278. The third-order valence-electron chi connectivity index (χ3n) is 4.23. The van der Waals surface area contributed by atoms with Crippen LogP contribution in [-0.2, 0) is 30.6 Å². The van der Waals surface area contributed by atoms with Crippen LogP contribution in [0.5, 0.6) is 0 Å². The number of rotatable bonds is 4. The molecule has 2 amide bonds. The number of hydrogen-bond acceptors (Lipinski definition) is 3. The number of hydrogen-bond donors (Lipinski definition) is 1. The second kappa shape index (κ2) is 7.26. The second-order valence-corrected chi connectivity index (χ2v) is 6.09. The van der Waals surface area contributed by atoms with Gasteiger partial charge in [-0.1, -0.05) is 18.7 Å². The van der Waals surface area contributed by atoms with Crippen LogP contribution in [0, 0.1) is 0 Å². The van der Waals surface area contributed by atoms with E-state index in [1.807, 2.05) is 0 Å². The van der Waals surface area contributed by atoms with Gasteiger partial charge < -0.3 is 10.2 Å². The largest absolute Gasteiger partial charge is 0.435 e. The fourth-order valence-electron chi connectivity index (χ4n) is 2.79. The molecule has 1 N–H and O–H groups in total. The van der Waals surface area contributed by atoms with Crippen molar-refractivity contribution < 1.29 is 22.8 Å². The maximum atomic E-state index is 12.8. The lowest BCUT2D eigenvalue weighted by atomic mass is 10.1. The minimum absolute atomic E-state index is 0.0685. The van der Waals surface area contributed by atoms with Crippen molar-refractivity contribution in [3.8, 4) is 0 Å². The molecule has 1 aliphatic rings. The van der Waals surface area contributed by atoms with Crippen LogP contribution in [-0.4, -0.2) is 33.0 Å². The minimum atomic E-state index is -4.50. The van der Waals surface area contributed by atoms with E-state index in [1.54, 1.807) is 24.3 Å². The van der Waals surface area contributed by atoms with Gasteiger partial charge in [0, 0.05) is 18.7 Å². The summed E-state index contributed by atoms with van der Waals surface area (Å²) in [5.74, 6) is -0.559. The first-order chi connectivity index (χ1) is 12.8. The third-order valence-corrected chi connectivity index (χ3v) is 4.23. The Bertz CT molecular complexity index is 872. The summed E-state index contributed by atoms with van der Waals surface area (Å²) < 4.78 is 39.6. The molecule has 0 unspecified atom stereocenters. The van der Waals surface area contributed by atoms with E-state index in [1.165, 1.54) is 15.7 Å². The Hall–Kier alpha value is -3.10. The summed E-state index contributed by atoms with van der Waals surface area (Å²) in [6, 6.07) is 7.67. The smallest absolute Gasteiger partial charge is 0.348 e. The van der Waals surface area contributed by atoms with Gasteiger partial charge in [0.1, 0.15) is 0 Å². The number of fused-ring (bicyclic) bond motifs is 1. The summed E-state index contributed by atoms with van der Waals surface area (Å²) >= 11 is 0. The van der Waals surface area contributed by atoms with E-state index >= 15 is 0 Å². The van der Waals surface area contributed by atoms with Crippen LogP contribution in [0.25, 0.3) is 0 Å². The van der Waals surface area contributed by atoms with Crippen molar-refractivity contribution in [1.82, 2.24) is 20.0 Å². The van der Waals surface area contributed by atoms with Crippen LogP contribution in [0.3, 0.4) is 0 Å². The SMILES string of the molecule is C=CC(=O)NCc1ccc(C(=O)N2CCn3nc(C(F)(F)F)cc3C2)cc1. The van der Waals surface area contributed by atoms with Crippen molar-refractivity contribution in [2.24, 2.45) is 0 Å². The minimum Gasteiger partial charge on any atom is -0.348 e. The molecule has 0 aliphatic carbocycles. The topological polar surface area (TPSA) is 67.2 Å². The molecule has 0 radical (unpaired) electrons. The first kappa shape index (κ1) is 18.7. The van der Waals surface area contributed by atoms with Gasteiger partial charge in [-0.05, 0) is 29.8 Å². The molecule has 0 saturated carbocycles. The van der Waals surface area contributed by atoms with Crippen LogP contribution >= 0.6 is 0 Å². The van der Waals surface area contributed by atoms with Gasteiger partial charge in [0.2, 0.25) is 5.91 Å². The van der Waals surface area contributed by atoms with Gasteiger partial charge in [0.05, 0.1) is 18.8 Å². The normalized spacial score (nSPS) is 13.8. The number of alkyl halides is 3. The molecule has 2 heterocycles. The van der Waals surface area contributed by atoms with E-state index < -0.39 is 11.9 Å². The van der Waals surface area contributed by atoms with Crippen LogP contribution in [0.4, 0.5) is 13.2 Å². The van der Waals surface area contributed by atoms with Gasteiger partial charge in [-0.3, -0.25) is 14.3 Å². The maximum absolute atomic E-state index is 12.8. The van der Waals surface area contributed by atoms with Crippen molar-refractivity contribution >= 4 is 11.8 Å². The van der Waals surface area contributed by atoms with E-state index in [2.05, 4.69) is 17.0 Å². The number of halogens is 3. The lowest BCUT2D eigenvalue weighted by Crippen LogP contribution is -2.38. The third kappa shape index (κ3) is 4.18. The number of nitrogens with zero attached hydrogens (tertiary/aromatic N) is 3. The highest BCUT2D eigenvalue weighted by molar-refractivity contribution is 5.94. The van der Waals surface area contributed by atoms with Gasteiger partial charge in [-0.2, -0.15) is 18.3 Å². The van der Waals surface area contributed by atoms with Gasteiger partial charge in [-0.25, -0.2) is 0 Å². The standard InChI is InChI=1S/C18H17F3N4O2/c1-2-16(26)22-10-12-3-5-13(6-4-12)17(27)24-7-8-25-14(11-24)9-15(23-25)18(19,20)21/h2-6,9H,1,7-8,10-11H2,(H,22,26). The van der Waals surface area contributed by atoms with Crippen molar-refractivity contribution in [1.29, 1.82) is 0 Å². The Labute approximate surface area is 153 Å². The summed E-state index contributed by atoms with van der Waals surface area (Å²) in [6.45, 7) is 4.23. The number of carbonyl (C=O) groups is 2. The van der Waals surface area contributed by atoms with E-state index in [0.717, 1.165) is 11.6 Å². The number of aromatic nitrogens is 2. The van der Waals surface area contributed by atoms with Crippen molar-refractivity contribution in [2.75, 3.05) is 6.54 Å². The molecule has 0 saturated heterocycles. The first-order valence-electron chi connectivity index (χ1n) is 8.20. The van der Waals surface area contributed by atoms with Gasteiger partial charge in [0.15, 0.2) is 5.69 Å². The van der Waals surface area contributed by atoms with E-state index in [-0.39, 0.29) is 31.4 Å². The first-order valence-corrected chi connectivity index (χ1v) is 8.20. The summed E-state index contributed by atoms with van der Waals surface area (Å²) in [5, 5.41) is 6.19. The molecule has 0 atom stereocenters. The van der Waals surface area contributed by atoms with Crippen molar-refractivity contribution in [3.05, 3.63) is 65.5 Å². The van der Waals surface area contributed by atoms with Crippen LogP contribution in [0.2, 0.25) is 0 Å². The molecule has 1 aromatic carbocycles. The molecule has 9 heteroatoms. The highest BCUT2D eigenvalue weighted by Gasteiger charge is 2.36. The van der Waals surface area contributed by atoms with E-state index in [9.17, 15) is 22.8 Å². The van der Waals surface area contributed by atoms with E-state index in [0.29, 0.717) is 17.8 Å². The molecule has 142 valence electrons. The van der Waals surface area contributed by atoms with Crippen LogP contribution in [0.1, 0.15) is 27.3 Å². The van der Waals surface area contributed by atoms with Crippen LogP contribution < -0.4 is 5.32 Å². The lowest BCUT2D eigenvalue weighted by Gasteiger charge is -2.27. The predicted molar refractivity (Wildman–Crippen MR) is 90.5 cm³/mol. The molecule has 27 heavy (non-hydrogen) atoms. The Morgan fingerprint density at radius 2 is 1.93 bits per heavy atom. The Balaban J connectivity index is 1.67. The molecule has 1 aromatic heterocycles. The number of nitrogens with one attached hydrogen (secondary N) is 1. The quantitative estimate of drug-likeness (QED) is 0.831. The lowest BCUT2D eigenvalue weighted by molar-refractivity contribution is -0.141. The monoisotopic (exact) mass is 378 g/mol. The summed E-state index contributed by atoms with van der Waals surface area (Å²) in [4.78, 5) is 25.3. The molecular formula is C18H17F3N4O2. The second-order valence-electron chi connectivity index (χ2n) is 6.09. The molecular weight excluding hydrogens is 361 g/mol. The average molecular weight is 378 g/mol. The highest BCUT2D eigenvalue weighted by atomic mass is 19.4. The van der Waals surface area contributed by atoms with Gasteiger partial charge >= 0.3 is 6.18 Å². The van der Waals surface area contributed by atoms with Gasteiger partial charge in [-0.15, -0.1) is 0 Å². The van der Waals surface area contributed by atoms with Crippen LogP contribution in [0.15, 0.2) is 43.0 Å². The number of amides is 2. The molecule has 1 aliphatic heterocycles. The Morgan fingerprint density at radius 1 is 1.22 bits per heavy atom. The Morgan fingerprint density at radius 3 is 2.56 bits per heavy atom. The molecule has 6 nitrogen and oxygen atoms in total. The number of carbonyl (C=O) groups excluding carboxylic acids is 2. The number of benzene rings is 1. The summed E-state index contributed by atoms with van der Waals surface area (Å²) in [6.07, 6.45) is -3.33. The molecule has 0 bridgehead atoms. The molecule has 2 aromatic rings. The molecule has 0 fully saturated rings. The van der Waals surface area contributed by atoms with E-state index in [4.69, 9.17) is 0 Å².